The van der Waals surface area contributed by atoms with Gasteiger partial charge in [-0.15, -0.1) is 0 Å². The van der Waals surface area contributed by atoms with Crippen LogP contribution in [-0.4, -0.2) is 62.5 Å². The van der Waals surface area contributed by atoms with Crippen molar-refractivity contribution in [3.8, 4) is 0 Å². The van der Waals surface area contributed by atoms with Crippen LogP contribution in [0.2, 0.25) is 5.02 Å². The molecule has 1 fully saturated rings. The summed E-state index contributed by atoms with van der Waals surface area (Å²) in [5.41, 5.74) is 2.27. The third-order valence-electron chi connectivity index (χ3n) is 6.68. The highest BCUT2D eigenvalue weighted by Crippen LogP contribution is 2.36. The van der Waals surface area contributed by atoms with Crippen molar-refractivity contribution < 1.29 is 9.18 Å². The molecule has 192 valence electrons. The molecule has 5 rings (SSSR count). The van der Waals surface area contributed by atoms with Gasteiger partial charge in [-0.25, -0.2) is 24.3 Å². The zero-order valence-corrected chi connectivity index (χ0v) is 21.7. The van der Waals surface area contributed by atoms with E-state index in [4.69, 9.17) is 11.6 Å². The van der Waals surface area contributed by atoms with Crippen LogP contribution in [0.3, 0.4) is 0 Å². The summed E-state index contributed by atoms with van der Waals surface area (Å²) >= 11 is 6.65. The fraction of sp³-hybridized carbons (Fsp3) is 0.346. The van der Waals surface area contributed by atoms with Crippen LogP contribution in [0.4, 0.5) is 21.8 Å². The molecule has 0 atom stereocenters. The number of benzene rings is 1. The van der Waals surface area contributed by atoms with Crippen molar-refractivity contribution >= 4 is 46.0 Å². The maximum atomic E-state index is 14.8. The number of carbonyl (C=O) groups excluding carboxylic acids is 1. The Kier molecular flexibility index (Phi) is 6.92. The number of amides is 1. The summed E-state index contributed by atoms with van der Waals surface area (Å²) in [4.78, 5) is 33.6. The average molecular weight is 523 g/mol. The number of nitrogens with zero attached hydrogens (tertiary/aromatic N) is 7. The standard InChI is InChI=1S/C26H28ClFN8O/c1-4-16-12-29-26(30-13-16)35-9-7-18(8-10-35)36-14-19(27)22-23(31-15-32-24(22)36)33-21-6-5-17(11-20(21)28)25(37)34(2)3/h5-6,11-15,18H,4,7-10H2,1-3H3,(H,31,32,33). The van der Waals surface area contributed by atoms with Gasteiger partial charge >= 0.3 is 0 Å². The zero-order chi connectivity index (χ0) is 26.1. The quantitative estimate of drug-likeness (QED) is 0.386. The van der Waals surface area contributed by atoms with Gasteiger partial charge in [-0.3, -0.25) is 4.79 Å². The first-order valence-electron chi connectivity index (χ1n) is 12.2. The lowest BCUT2D eigenvalue weighted by atomic mass is 10.1. The van der Waals surface area contributed by atoms with Crippen LogP contribution < -0.4 is 10.2 Å². The fourth-order valence-electron chi connectivity index (χ4n) is 4.59. The molecule has 3 aromatic heterocycles. The van der Waals surface area contributed by atoms with Crippen LogP contribution in [0.1, 0.15) is 41.7 Å². The smallest absolute Gasteiger partial charge is 0.253 e. The number of aromatic nitrogens is 5. The van der Waals surface area contributed by atoms with E-state index in [1.165, 1.54) is 23.4 Å². The molecule has 1 aliphatic rings. The molecule has 0 bridgehead atoms. The minimum absolute atomic E-state index is 0.192. The topological polar surface area (TPSA) is 92.1 Å². The van der Waals surface area contributed by atoms with Crippen molar-refractivity contribution in [2.45, 2.75) is 32.2 Å². The lowest BCUT2D eigenvalue weighted by molar-refractivity contribution is 0.0827. The highest BCUT2D eigenvalue weighted by Gasteiger charge is 2.25. The van der Waals surface area contributed by atoms with Crippen LogP contribution >= 0.6 is 11.6 Å². The Hall–Kier alpha value is -3.79. The number of hydrogen-bond donors (Lipinski definition) is 1. The van der Waals surface area contributed by atoms with Crippen LogP contribution in [-0.2, 0) is 6.42 Å². The summed E-state index contributed by atoms with van der Waals surface area (Å²) in [6.07, 6.45) is 9.75. The Morgan fingerprint density at radius 3 is 2.54 bits per heavy atom. The summed E-state index contributed by atoms with van der Waals surface area (Å²) < 4.78 is 16.9. The Morgan fingerprint density at radius 2 is 1.89 bits per heavy atom. The number of carbonyl (C=O) groups is 1. The first kappa shape index (κ1) is 24.9. The maximum absolute atomic E-state index is 14.8. The minimum Gasteiger partial charge on any atom is -0.345 e. The van der Waals surface area contributed by atoms with Crippen molar-refractivity contribution in [3.05, 3.63) is 65.1 Å². The summed E-state index contributed by atoms with van der Waals surface area (Å²) in [6, 6.07) is 4.50. The van der Waals surface area contributed by atoms with Gasteiger partial charge in [-0.2, -0.15) is 0 Å². The van der Waals surface area contributed by atoms with Crippen molar-refractivity contribution in [1.82, 2.24) is 29.4 Å². The van der Waals surface area contributed by atoms with Crippen LogP contribution in [0.5, 0.6) is 0 Å². The second kappa shape index (κ2) is 10.3. The predicted octanol–water partition coefficient (Wildman–Crippen LogP) is 4.86. The van der Waals surface area contributed by atoms with Gasteiger partial charge in [0.25, 0.3) is 5.91 Å². The van der Waals surface area contributed by atoms with Gasteiger partial charge in [0.1, 0.15) is 23.6 Å². The SMILES string of the molecule is CCc1cnc(N2CCC(n3cc(Cl)c4c(Nc5ccc(C(=O)N(C)C)cc5F)ncnc43)CC2)nc1. The van der Waals surface area contributed by atoms with Gasteiger partial charge in [-0.1, -0.05) is 18.5 Å². The minimum atomic E-state index is -0.559. The van der Waals surface area contributed by atoms with E-state index < -0.39 is 5.82 Å². The molecule has 11 heteroatoms. The molecule has 9 nitrogen and oxygen atoms in total. The summed E-state index contributed by atoms with van der Waals surface area (Å²) in [7, 11) is 3.25. The van der Waals surface area contributed by atoms with E-state index in [1.807, 2.05) is 18.6 Å². The lowest BCUT2D eigenvalue weighted by Crippen LogP contribution is -2.35. The number of piperidine rings is 1. The molecule has 1 aliphatic heterocycles. The molecule has 0 spiro atoms. The second-order valence-electron chi connectivity index (χ2n) is 9.29. The van der Waals surface area contributed by atoms with Crippen molar-refractivity contribution in [2.75, 3.05) is 37.4 Å². The largest absolute Gasteiger partial charge is 0.345 e. The average Bonchev–Trinajstić information content (AvgIpc) is 3.26. The molecule has 37 heavy (non-hydrogen) atoms. The molecule has 1 aromatic carbocycles. The molecular formula is C26H28ClFN8O. The van der Waals surface area contributed by atoms with Crippen molar-refractivity contribution in [1.29, 1.82) is 0 Å². The lowest BCUT2D eigenvalue weighted by Gasteiger charge is -2.32. The molecule has 1 saturated heterocycles. The molecule has 0 radical (unpaired) electrons. The summed E-state index contributed by atoms with van der Waals surface area (Å²) in [5, 5.41) is 4.14. The van der Waals surface area contributed by atoms with E-state index in [9.17, 15) is 9.18 Å². The maximum Gasteiger partial charge on any atom is 0.253 e. The van der Waals surface area contributed by atoms with Gasteiger partial charge in [-0.05, 0) is 43.0 Å². The Labute approximate surface area is 219 Å². The summed E-state index contributed by atoms with van der Waals surface area (Å²) in [6.45, 7) is 3.71. The Bertz CT molecular complexity index is 1430. The number of nitrogens with one attached hydrogen (secondary N) is 1. The number of anilines is 3. The van der Waals surface area contributed by atoms with Crippen LogP contribution in [0.15, 0.2) is 43.1 Å². The Morgan fingerprint density at radius 1 is 1.16 bits per heavy atom. The number of halogens is 2. The van der Waals surface area contributed by atoms with E-state index in [1.54, 1.807) is 20.2 Å². The molecule has 4 aromatic rings. The van der Waals surface area contributed by atoms with Crippen LogP contribution in [0, 0.1) is 5.82 Å². The Balaban J connectivity index is 1.36. The van der Waals surface area contributed by atoms with Crippen molar-refractivity contribution in [3.63, 3.8) is 0 Å². The molecule has 0 aliphatic carbocycles. The van der Waals surface area contributed by atoms with E-state index in [0.717, 1.165) is 43.9 Å². The van der Waals surface area contributed by atoms with Gasteiger partial charge in [0.15, 0.2) is 0 Å². The first-order chi connectivity index (χ1) is 17.9. The third kappa shape index (κ3) is 4.93. The third-order valence-corrected chi connectivity index (χ3v) is 6.97. The molecular weight excluding hydrogens is 495 g/mol. The molecule has 1 N–H and O–H groups in total. The van der Waals surface area contributed by atoms with Gasteiger partial charge in [0.05, 0.1) is 16.1 Å². The summed E-state index contributed by atoms with van der Waals surface area (Å²) in [5.74, 6) is 0.323. The molecule has 0 saturated carbocycles. The van der Waals surface area contributed by atoms with Gasteiger partial charge in [0, 0.05) is 57.4 Å². The van der Waals surface area contributed by atoms with Crippen molar-refractivity contribution in [2.24, 2.45) is 0 Å². The highest BCUT2D eigenvalue weighted by atomic mass is 35.5. The molecule has 0 unspecified atom stereocenters. The monoisotopic (exact) mass is 522 g/mol. The van der Waals surface area contributed by atoms with Gasteiger partial charge < -0.3 is 19.7 Å². The second-order valence-corrected chi connectivity index (χ2v) is 9.69. The van der Waals surface area contributed by atoms with E-state index in [2.05, 4.69) is 41.6 Å². The number of aryl methyl sites for hydroxylation is 1. The first-order valence-corrected chi connectivity index (χ1v) is 12.6. The number of hydrogen-bond acceptors (Lipinski definition) is 7. The fourth-order valence-corrected chi connectivity index (χ4v) is 4.87. The van der Waals surface area contributed by atoms with E-state index in [0.29, 0.717) is 21.9 Å². The van der Waals surface area contributed by atoms with Crippen LogP contribution in [0.25, 0.3) is 11.0 Å². The van der Waals surface area contributed by atoms with Gasteiger partial charge in [0.2, 0.25) is 5.95 Å². The highest BCUT2D eigenvalue weighted by molar-refractivity contribution is 6.36. The normalized spacial score (nSPS) is 14.2. The number of rotatable bonds is 6. The number of fused-ring (bicyclic) bond motifs is 1. The van der Waals surface area contributed by atoms with E-state index in [-0.39, 0.29) is 23.2 Å². The molecule has 1 amide bonds. The van der Waals surface area contributed by atoms with E-state index >= 15 is 0 Å². The molecule has 4 heterocycles. The predicted molar refractivity (Wildman–Crippen MR) is 142 cm³/mol. The zero-order valence-electron chi connectivity index (χ0n) is 20.9.